The van der Waals surface area contributed by atoms with E-state index in [4.69, 9.17) is 16.0 Å². The highest BCUT2D eigenvalue weighted by Crippen LogP contribution is 2.38. The number of hydrogen-bond acceptors (Lipinski definition) is 3. The molecule has 0 spiro atoms. The molecule has 0 atom stereocenters. The monoisotopic (exact) mass is 476 g/mol. The second-order valence-electron chi connectivity index (χ2n) is 8.87. The van der Waals surface area contributed by atoms with Crippen LogP contribution in [0.1, 0.15) is 12.1 Å². The molecule has 0 radical (unpaired) electrons. The van der Waals surface area contributed by atoms with Crippen molar-refractivity contribution in [2.75, 3.05) is 0 Å². The predicted octanol–water partition coefficient (Wildman–Crippen LogP) is 7.77. The van der Waals surface area contributed by atoms with Gasteiger partial charge in [-0.15, -0.1) is 0 Å². The smallest absolute Gasteiger partial charge is 0.0710 e. The Morgan fingerprint density at radius 1 is 0.838 bits per heavy atom. The van der Waals surface area contributed by atoms with Gasteiger partial charge in [0.05, 0.1) is 34.9 Å². The van der Waals surface area contributed by atoms with Gasteiger partial charge in [-0.1, -0.05) is 72.8 Å². The van der Waals surface area contributed by atoms with Crippen LogP contribution in [0.15, 0.2) is 121 Å². The lowest BCUT2D eigenvalue weighted by Crippen LogP contribution is -1.94. The molecular formula is C33H24N4. The summed E-state index contributed by atoms with van der Waals surface area (Å²) in [6, 6.07) is 38.1. The van der Waals surface area contributed by atoms with Crippen molar-refractivity contribution in [3.8, 4) is 23.0 Å². The van der Waals surface area contributed by atoms with Gasteiger partial charge in [0.2, 0.25) is 0 Å². The number of nitrogens with zero attached hydrogens (tertiary/aromatic N) is 3. The number of rotatable bonds is 5. The van der Waals surface area contributed by atoms with Gasteiger partial charge in [0.25, 0.3) is 0 Å². The van der Waals surface area contributed by atoms with E-state index in [9.17, 15) is 0 Å². The lowest BCUT2D eigenvalue weighted by atomic mass is 10.0. The highest BCUT2D eigenvalue weighted by Gasteiger charge is 2.16. The zero-order valence-electron chi connectivity index (χ0n) is 20.2. The molecule has 0 aliphatic carbocycles. The first-order valence-electron chi connectivity index (χ1n) is 12.2. The fourth-order valence-electron chi connectivity index (χ4n) is 5.08. The second-order valence-corrected chi connectivity index (χ2v) is 8.87. The maximum atomic E-state index is 9.04. The first-order valence-corrected chi connectivity index (χ1v) is 12.2. The molecule has 0 saturated carbocycles. The Kier molecular flexibility index (Phi) is 5.72. The lowest BCUT2D eigenvalue weighted by molar-refractivity contribution is 1.18. The van der Waals surface area contributed by atoms with E-state index >= 15 is 0 Å². The van der Waals surface area contributed by atoms with E-state index in [-0.39, 0.29) is 0 Å². The molecular weight excluding hydrogens is 452 g/mol. The summed E-state index contributed by atoms with van der Waals surface area (Å²) in [5.41, 5.74) is 12.6. The van der Waals surface area contributed by atoms with Gasteiger partial charge in [-0.05, 0) is 65.0 Å². The summed E-state index contributed by atoms with van der Waals surface area (Å²) in [7, 11) is 0. The van der Waals surface area contributed by atoms with Gasteiger partial charge in [-0.3, -0.25) is 0 Å². The topological polar surface area (TPSA) is 67.6 Å². The molecule has 176 valence electrons. The number of hydrogen-bond donors (Lipinski definition) is 1. The Bertz CT molecular complexity index is 1870. The molecule has 2 N–H and O–H groups in total. The zero-order chi connectivity index (χ0) is 25.2. The van der Waals surface area contributed by atoms with E-state index in [0.717, 1.165) is 33.7 Å². The van der Waals surface area contributed by atoms with Crippen LogP contribution in [-0.4, -0.2) is 9.55 Å². The molecule has 6 rings (SSSR count). The SMILES string of the molecule is N#CC/C=C(\C=C/N)c1cccc(-c2ccc3c4c5ccccc5ccc4n(-c4ccccc4)c3c2)n1. The summed E-state index contributed by atoms with van der Waals surface area (Å²) >= 11 is 0. The summed E-state index contributed by atoms with van der Waals surface area (Å²) in [5.74, 6) is 0. The quantitative estimate of drug-likeness (QED) is 0.258. The van der Waals surface area contributed by atoms with Crippen LogP contribution in [0.3, 0.4) is 0 Å². The van der Waals surface area contributed by atoms with Gasteiger partial charge in [0.1, 0.15) is 0 Å². The molecule has 2 aromatic heterocycles. The maximum Gasteiger partial charge on any atom is 0.0710 e. The predicted molar refractivity (Wildman–Crippen MR) is 153 cm³/mol. The highest BCUT2D eigenvalue weighted by atomic mass is 15.0. The summed E-state index contributed by atoms with van der Waals surface area (Å²) in [5, 5.41) is 14.0. The van der Waals surface area contributed by atoms with Crippen molar-refractivity contribution in [3.05, 3.63) is 127 Å². The first-order chi connectivity index (χ1) is 18.3. The molecule has 4 heteroatoms. The number of benzene rings is 4. The van der Waals surface area contributed by atoms with Crippen molar-refractivity contribution < 1.29 is 0 Å². The Hall–Kier alpha value is -5.14. The first kappa shape index (κ1) is 22.3. The van der Waals surface area contributed by atoms with Crippen LogP contribution in [0.4, 0.5) is 0 Å². The minimum Gasteiger partial charge on any atom is -0.405 e. The van der Waals surface area contributed by atoms with E-state index in [0.29, 0.717) is 6.42 Å². The number of para-hydroxylation sites is 1. The third kappa shape index (κ3) is 3.93. The van der Waals surface area contributed by atoms with Crippen molar-refractivity contribution in [2.45, 2.75) is 6.42 Å². The van der Waals surface area contributed by atoms with Gasteiger partial charge in [-0.2, -0.15) is 5.26 Å². The van der Waals surface area contributed by atoms with Crippen LogP contribution in [0, 0.1) is 11.3 Å². The van der Waals surface area contributed by atoms with Crippen LogP contribution in [0.25, 0.3) is 55.1 Å². The number of pyridine rings is 1. The maximum absolute atomic E-state index is 9.04. The van der Waals surface area contributed by atoms with Crippen molar-refractivity contribution in [3.63, 3.8) is 0 Å². The van der Waals surface area contributed by atoms with E-state index in [2.05, 4.69) is 89.5 Å². The molecule has 6 aromatic rings. The Labute approximate surface area is 215 Å². The summed E-state index contributed by atoms with van der Waals surface area (Å²) < 4.78 is 2.33. The van der Waals surface area contributed by atoms with E-state index in [1.807, 2.05) is 30.3 Å². The molecule has 4 aromatic carbocycles. The number of allylic oxidation sites excluding steroid dienone is 3. The Balaban J connectivity index is 1.61. The highest BCUT2D eigenvalue weighted by molar-refractivity contribution is 6.21. The average Bonchev–Trinajstić information content (AvgIpc) is 3.30. The van der Waals surface area contributed by atoms with Gasteiger partial charge < -0.3 is 10.3 Å². The molecule has 0 fully saturated rings. The molecule has 0 aliphatic heterocycles. The summed E-state index contributed by atoms with van der Waals surface area (Å²) in [4.78, 5) is 4.93. The van der Waals surface area contributed by atoms with Gasteiger partial charge in [0.15, 0.2) is 0 Å². The number of nitrogens with two attached hydrogens (primary N) is 1. The minimum atomic E-state index is 0.294. The summed E-state index contributed by atoms with van der Waals surface area (Å²) in [6.07, 6.45) is 5.40. The van der Waals surface area contributed by atoms with Crippen LogP contribution < -0.4 is 5.73 Å². The molecule has 2 heterocycles. The molecule has 4 nitrogen and oxygen atoms in total. The van der Waals surface area contributed by atoms with Crippen molar-refractivity contribution in [1.29, 1.82) is 5.26 Å². The van der Waals surface area contributed by atoms with Gasteiger partial charge in [-0.25, -0.2) is 4.98 Å². The van der Waals surface area contributed by atoms with Crippen LogP contribution in [-0.2, 0) is 0 Å². The Morgan fingerprint density at radius 2 is 1.68 bits per heavy atom. The minimum absolute atomic E-state index is 0.294. The normalized spacial score (nSPS) is 12.0. The van der Waals surface area contributed by atoms with Crippen molar-refractivity contribution in [2.24, 2.45) is 5.73 Å². The number of nitriles is 1. The lowest BCUT2D eigenvalue weighted by Gasteiger charge is -2.09. The van der Waals surface area contributed by atoms with Crippen molar-refractivity contribution in [1.82, 2.24) is 9.55 Å². The third-order valence-corrected chi connectivity index (χ3v) is 6.70. The standard InChI is InChI=1S/C33H24N4/c34-20-7-9-24(19-21-35)29-13-6-14-30(36-29)25-15-17-28-32(22-25)37(26-10-2-1-3-11-26)31-18-16-23-8-4-5-12-27(23)33(28)31/h1-6,8-19,21-22H,7,35H2/b21-19-,24-9+. The van der Waals surface area contributed by atoms with Gasteiger partial charge in [0, 0.05) is 22.0 Å². The van der Waals surface area contributed by atoms with E-state index < -0.39 is 0 Å². The fraction of sp³-hybridized carbons (Fsp3) is 0.0303. The number of fused-ring (bicyclic) bond motifs is 5. The van der Waals surface area contributed by atoms with Gasteiger partial charge >= 0.3 is 0 Å². The molecule has 0 unspecified atom stereocenters. The molecule has 0 bridgehead atoms. The largest absolute Gasteiger partial charge is 0.405 e. The molecule has 0 saturated heterocycles. The van der Waals surface area contributed by atoms with Crippen molar-refractivity contribution >= 4 is 38.2 Å². The second kappa shape index (κ2) is 9.49. The van der Waals surface area contributed by atoms with E-state index in [1.165, 1.54) is 33.3 Å². The van der Waals surface area contributed by atoms with Crippen LogP contribution in [0.5, 0.6) is 0 Å². The third-order valence-electron chi connectivity index (χ3n) is 6.70. The Morgan fingerprint density at radius 3 is 2.51 bits per heavy atom. The summed E-state index contributed by atoms with van der Waals surface area (Å²) in [6.45, 7) is 0. The molecule has 0 aliphatic rings. The number of aromatic nitrogens is 2. The van der Waals surface area contributed by atoms with Crippen LogP contribution >= 0.6 is 0 Å². The molecule has 37 heavy (non-hydrogen) atoms. The van der Waals surface area contributed by atoms with Crippen LogP contribution in [0.2, 0.25) is 0 Å². The fourth-order valence-corrected chi connectivity index (χ4v) is 5.08. The van der Waals surface area contributed by atoms with E-state index in [1.54, 1.807) is 6.08 Å². The zero-order valence-corrected chi connectivity index (χ0v) is 20.2. The average molecular weight is 477 g/mol. The molecule has 0 amide bonds.